The molecular formula is C19H12F5NO2. The summed E-state index contributed by atoms with van der Waals surface area (Å²) < 4.78 is 72.7. The third-order valence-electron chi connectivity index (χ3n) is 3.83. The fraction of sp³-hybridized carbons (Fsp3) is 0.105. The van der Waals surface area contributed by atoms with Crippen molar-refractivity contribution in [2.45, 2.75) is 13.0 Å². The van der Waals surface area contributed by atoms with Crippen molar-refractivity contribution in [2.24, 2.45) is 0 Å². The van der Waals surface area contributed by atoms with Crippen molar-refractivity contribution >= 4 is 5.97 Å². The van der Waals surface area contributed by atoms with Crippen molar-refractivity contribution in [3.63, 3.8) is 0 Å². The monoisotopic (exact) mass is 381 g/mol. The largest absolute Gasteiger partial charge is 0.420 e. The van der Waals surface area contributed by atoms with Crippen LogP contribution in [0.1, 0.15) is 11.3 Å². The van der Waals surface area contributed by atoms with Gasteiger partial charge in [0.25, 0.3) is 0 Å². The third-order valence-corrected chi connectivity index (χ3v) is 3.83. The number of hydrogen-bond acceptors (Lipinski definition) is 2. The van der Waals surface area contributed by atoms with E-state index >= 15 is 0 Å². The van der Waals surface area contributed by atoms with Gasteiger partial charge in [0.2, 0.25) is 34.8 Å². The Hall–Kier alpha value is -3.16. The zero-order valence-corrected chi connectivity index (χ0v) is 13.7. The Labute approximate surface area is 150 Å². The van der Waals surface area contributed by atoms with Crippen LogP contribution in [0, 0.1) is 29.1 Å². The highest BCUT2D eigenvalue weighted by atomic mass is 19.2. The van der Waals surface area contributed by atoms with E-state index in [-0.39, 0.29) is 0 Å². The summed E-state index contributed by atoms with van der Waals surface area (Å²) in [7, 11) is 0. The maximum atomic E-state index is 13.6. The Kier molecular flexibility index (Phi) is 5.25. The molecule has 0 radical (unpaired) electrons. The molecule has 0 amide bonds. The van der Waals surface area contributed by atoms with Crippen LogP contribution >= 0.6 is 0 Å². The number of esters is 1. The lowest BCUT2D eigenvalue weighted by molar-refractivity contribution is -0.134. The van der Waals surface area contributed by atoms with Gasteiger partial charge in [-0.3, -0.25) is 4.79 Å². The van der Waals surface area contributed by atoms with Gasteiger partial charge in [-0.15, -0.1) is 0 Å². The zero-order chi connectivity index (χ0) is 19.6. The third kappa shape index (κ3) is 3.84. The molecular weight excluding hydrogens is 369 g/mol. The molecule has 0 spiro atoms. The first-order valence-electron chi connectivity index (χ1n) is 7.78. The summed E-state index contributed by atoms with van der Waals surface area (Å²) in [5.74, 6) is -13.8. The van der Waals surface area contributed by atoms with E-state index in [1.54, 1.807) is 22.9 Å². The lowest BCUT2D eigenvalue weighted by Gasteiger charge is -2.11. The van der Waals surface area contributed by atoms with Crippen molar-refractivity contribution < 1.29 is 31.5 Å². The van der Waals surface area contributed by atoms with Crippen molar-refractivity contribution in [2.75, 3.05) is 0 Å². The Bertz CT molecular complexity index is 956. The number of rotatable bonds is 5. The SMILES string of the molecule is O=C(Cc1cccn1Cc1ccccc1)Oc1c(F)c(F)c(F)c(F)c1F. The van der Waals surface area contributed by atoms with E-state index < -0.39 is 47.2 Å². The molecule has 0 fully saturated rings. The Morgan fingerprint density at radius 3 is 2.04 bits per heavy atom. The molecule has 0 aliphatic carbocycles. The highest BCUT2D eigenvalue weighted by molar-refractivity contribution is 5.75. The molecule has 1 heterocycles. The molecule has 140 valence electrons. The molecule has 0 aliphatic heterocycles. The highest BCUT2D eigenvalue weighted by Crippen LogP contribution is 2.29. The van der Waals surface area contributed by atoms with Crippen LogP contribution < -0.4 is 4.74 Å². The number of halogens is 5. The molecule has 3 aromatic rings. The van der Waals surface area contributed by atoms with Gasteiger partial charge in [0.1, 0.15) is 0 Å². The Balaban J connectivity index is 1.78. The summed E-state index contributed by atoms with van der Waals surface area (Å²) in [5, 5.41) is 0. The molecule has 8 heteroatoms. The van der Waals surface area contributed by atoms with E-state index in [1.165, 1.54) is 0 Å². The molecule has 27 heavy (non-hydrogen) atoms. The van der Waals surface area contributed by atoms with Crippen LogP contribution in [0.15, 0.2) is 48.7 Å². The molecule has 2 aromatic carbocycles. The molecule has 0 bridgehead atoms. The number of carbonyl (C=O) groups is 1. The lowest BCUT2D eigenvalue weighted by Crippen LogP contribution is -2.17. The molecule has 0 atom stereocenters. The summed E-state index contributed by atoms with van der Waals surface area (Å²) in [6.07, 6.45) is 1.27. The smallest absolute Gasteiger partial charge is 0.317 e. The van der Waals surface area contributed by atoms with Gasteiger partial charge in [-0.1, -0.05) is 30.3 Å². The molecule has 0 saturated heterocycles. The minimum Gasteiger partial charge on any atom is -0.420 e. The number of ether oxygens (including phenoxy) is 1. The number of benzene rings is 2. The summed E-state index contributed by atoms with van der Waals surface area (Å²) in [5.41, 5.74) is 1.40. The van der Waals surface area contributed by atoms with Gasteiger partial charge >= 0.3 is 5.97 Å². The van der Waals surface area contributed by atoms with E-state index in [0.29, 0.717) is 12.2 Å². The van der Waals surface area contributed by atoms with Gasteiger partial charge in [-0.2, -0.15) is 8.78 Å². The van der Waals surface area contributed by atoms with Gasteiger partial charge in [0.15, 0.2) is 0 Å². The van der Waals surface area contributed by atoms with Crippen molar-refractivity contribution in [3.8, 4) is 5.75 Å². The average molecular weight is 381 g/mol. The van der Waals surface area contributed by atoms with Gasteiger partial charge < -0.3 is 9.30 Å². The molecule has 0 N–H and O–H groups in total. The van der Waals surface area contributed by atoms with Gasteiger partial charge in [0, 0.05) is 18.4 Å². The average Bonchev–Trinajstić information content (AvgIpc) is 3.09. The van der Waals surface area contributed by atoms with Crippen LogP contribution in [-0.2, 0) is 17.8 Å². The number of hydrogen-bond donors (Lipinski definition) is 0. The summed E-state index contributed by atoms with van der Waals surface area (Å²) in [6, 6.07) is 12.5. The van der Waals surface area contributed by atoms with Crippen LogP contribution in [0.2, 0.25) is 0 Å². The van der Waals surface area contributed by atoms with E-state index in [4.69, 9.17) is 0 Å². The molecule has 1 aromatic heterocycles. The number of nitrogens with zero attached hydrogens (tertiary/aromatic N) is 1. The van der Waals surface area contributed by atoms with Crippen LogP contribution in [0.5, 0.6) is 5.75 Å². The van der Waals surface area contributed by atoms with E-state index in [9.17, 15) is 26.7 Å². The summed E-state index contributed by atoms with van der Waals surface area (Å²) >= 11 is 0. The van der Waals surface area contributed by atoms with Gasteiger partial charge in [0.05, 0.1) is 6.42 Å². The minimum atomic E-state index is -2.32. The predicted octanol–water partition coefficient (Wildman–Crippen LogP) is 4.38. The minimum absolute atomic E-state index is 0.417. The van der Waals surface area contributed by atoms with Crippen LogP contribution in [0.4, 0.5) is 22.0 Å². The second-order valence-electron chi connectivity index (χ2n) is 5.66. The first-order valence-corrected chi connectivity index (χ1v) is 7.78. The zero-order valence-electron chi connectivity index (χ0n) is 13.7. The summed E-state index contributed by atoms with van der Waals surface area (Å²) in [4.78, 5) is 12.0. The quantitative estimate of drug-likeness (QED) is 0.216. The maximum absolute atomic E-state index is 13.6. The topological polar surface area (TPSA) is 31.2 Å². The molecule has 0 aliphatic rings. The first kappa shape index (κ1) is 18.6. The standard InChI is InChI=1S/C19H12F5NO2/c20-14-15(21)17(23)19(18(24)16(14)22)27-13(26)9-12-7-4-8-25(12)10-11-5-2-1-3-6-11/h1-8H,9-10H2. The van der Waals surface area contributed by atoms with E-state index in [0.717, 1.165) is 5.56 Å². The predicted molar refractivity (Wildman–Crippen MR) is 85.5 cm³/mol. The van der Waals surface area contributed by atoms with Gasteiger partial charge in [-0.05, 0) is 17.7 Å². The Morgan fingerprint density at radius 1 is 0.815 bits per heavy atom. The van der Waals surface area contributed by atoms with Crippen LogP contribution in [0.25, 0.3) is 0 Å². The van der Waals surface area contributed by atoms with Crippen LogP contribution in [0.3, 0.4) is 0 Å². The fourth-order valence-electron chi connectivity index (χ4n) is 2.52. The molecule has 3 nitrogen and oxygen atoms in total. The molecule has 0 unspecified atom stereocenters. The Morgan fingerprint density at radius 2 is 1.41 bits per heavy atom. The number of aromatic nitrogens is 1. The van der Waals surface area contributed by atoms with Crippen molar-refractivity contribution in [1.82, 2.24) is 4.57 Å². The first-order chi connectivity index (χ1) is 12.9. The van der Waals surface area contributed by atoms with Gasteiger partial charge in [-0.25, -0.2) is 13.2 Å². The van der Waals surface area contributed by atoms with Crippen molar-refractivity contribution in [3.05, 3.63) is 89.0 Å². The van der Waals surface area contributed by atoms with E-state index in [1.807, 2.05) is 30.3 Å². The summed E-state index contributed by atoms with van der Waals surface area (Å²) in [6.45, 7) is 0.430. The molecule has 3 rings (SSSR count). The lowest BCUT2D eigenvalue weighted by atomic mass is 10.2. The maximum Gasteiger partial charge on any atom is 0.317 e. The fourth-order valence-corrected chi connectivity index (χ4v) is 2.52. The second kappa shape index (κ2) is 7.61. The van der Waals surface area contributed by atoms with E-state index in [2.05, 4.69) is 4.74 Å². The van der Waals surface area contributed by atoms with Crippen LogP contribution in [-0.4, -0.2) is 10.5 Å². The second-order valence-corrected chi connectivity index (χ2v) is 5.66. The molecule has 0 saturated carbocycles. The highest BCUT2D eigenvalue weighted by Gasteiger charge is 2.28. The van der Waals surface area contributed by atoms with Crippen molar-refractivity contribution in [1.29, 1.82) is 0 Å². The normalized spacial score (nSPS) is 10.9. The number of carbonyl (C=O) groups excluding carboxylic acids is 1.